The van der Waals surface area contributed by atoms with Crippen LogP contribution in [0.5, 0.6) is 5.75 Å². The van der Waals surface area contributed by atoms with Crippen LogP contribution in [-0.4, -0.2) is 18.8 Å². The van der Waals surface area contributed by atoms with Gasteiger partial charge in [-0.3, -0.25) is 4.79 Å². The van der Waals surface area contributed by atoms with Crippen LogP contribution in [0.3, 0.4) is 0 Å². The fourth-order valence-corrected chi connectivity index (χ4v) is 2.31. The number of benzene rings is 1. The predicted molar refractivity (Wildman–Crippen MR) is 70.1 cm³/mol. The molecular weight excluding hydrogens is 339 g/mol. The number of carbonyl (C=O) groups is 1. The fraction of sp³-hybridized carbons (Fsp3) is 0.308. The Morgan fingerprint density at radius 3 is 2.70 bits per heavy atom. The summed E-state index contributed by atoms with van der Waals surface area (Å²) in [4.78, 5) is 13.0. The first kappa shape index (κ1) is 14.7. The summed E-state index contributed by atoms with van der Waals surface area (Å²) in [6.45, 7) is 0.186. The number of hydrogen-bond acceptors (Lipinski definition) is 2. The third-order valence-electron chi connectivity index (χ3n) is 2.80. The van der Waals surface area contributed by atoms with E-state index in [1.54, 1.807) is 0 Å². The molecule has 1 aliphatic heterocycles. The van der Waals surface area contributed by atoms with E-state index in [1.165, 1.54) is 23.1 Å². The second-order valence-electron chi connectivity index (χ2n) is 4.23. The summed E-state index contributed by atoms with van der Waals surface area (Å²) in [5.74, 6) is 1.39. The first-order valence-electron chi connectivity index (χ1n) is 5.62. The number of alkyl halides is 3. The van der Waals surface area contributed by atoms with Gasteiger partial charge in [0.1, 0.15) is 0 Å². The highest BCUT2D eigenvalue weighted by molar-refractivity contribution is 9.10. The van der Waals surface area contributed by atoms with E-state index in [-0.39, 0.29) is 30.5 Å². The fourth-order valence-electron chi connectivity index (χ4n) is 1.97. The lowest BCUT2D eigenvalue weighted by atomic mass is 10.1. The van der Waals surface area contributed by atoms with Crippen molar-refractivity contribution < 1.29 is 22.7 Å². The first-order valence-corrected chi connectivity index (χ1v) is 6.41. The first-order chi connectivity index (χ1) is 9.30. The summed E-state index contributed by atoms with van der Waals surface area (Å²) in [5, 5.41) is 0. The molecule has 0 spiro atoms. The molecule has 1 atom stereocenters. The van der Waals surface area contributed by atoms with Gasteiger partial charge in [-0.15, -0.1) is 25.5 Å². The summed E-state index contributed by atoms with van der Waals surface area (Å²) < 4.78 is 41.6. The molecule has 3 nitrogen and oxygen atoms in total. The Balaban J connectivity index is 2.37. The van der Waals surface area contributed by atoms with Gasteiger partial charge < -0.3 is 9.64 Å². The summed E-state index contributed by atoms with van der Waals surface area (Å²) in [7, 11) is 0. The van der Waals surface area contributed by atoms with E-state index in [2.05, 4.69) is 26.6 Å². The highest BCUT2D eigenvalue weighted by Gasteiger charge is 2.36. The van der Waals surface area contributed by atoms with Crippen molar-refractivity contribution in [3.63, 3.8) is 0 Å². The quantitative estimate of drug-likeness (QED) is 0.768. The van der Waals surface area contributed by atoms with Gasteiger partial charge in [-0.05, 0) is 18.2 Å². The molecule has 1 heterocycles. The molecule has 0 radical (unpaired) electrons. The monoisotopic (exact) mass is 347 g/mol. The topological polar surface area (TPSA) is 29.5 Å². The summed E-state index contributed by atoms with van der Waals surface area (Å²) in [6.07, 6.45) is 0.546. The van der Waals surface area contributed by atoms with E-state index in [1.807, 2.05) is 0 Å². The smallest absolute Gasteiger partial charge is 0.404 e. The average Bonchev–Trinajstić information content (AvgIpc) is 2.69. The van der Waals surface area contributed by atoms with Crippen LogP contribution in [-0.2, 0) is 4.79 Å². The van der Waals surface area contributed by atoms with Gasteiger partial charge in [0.2, 0.25) is 5.91 Å². The summed E-state index contributed by atoms with van der Waals surface area (Å²) >= 11 is 3.07. The van der Waals surface area contributed by atoms with E-state index in [4.69, 9.17) is 6.42 Å². The Bertz CT molecular complexity index is 580. The Morgan fingerprint density at radius 1 is 1.45 bits per heavy atom. The molecular formula is C13H9BrF3NO2. The molecule has 1 unspecified atom stereocenters. The summed E-state index contributed by atoms with van der Waals surface area (Å²) in [5.41, 5.74) is 0.0632. The number of hydrogen-bond donors (Lipinski definition) is 0. The molecule has 0 saturated carbocycles. The van der Waals surface area contributed by atoms with Gasteiger partial charge in [-0.1, -0.05) is 15.9 Å². The molecule has 1 saturated heterocycles. The van der Waals surface area contributed by atoms with E-state index >= 15 is 0 Å². The van der Waals surface area contributed by atoms with Crippen LogP contribution in [0.4, 0.5) is 18.9 Å². The molecule has 1 amide bonds. The predicted octanol–water partition coefficient (Wildman–Crippen LogP) is 3.33. The minimum absolute atomic E-state index is 0.0632. The molecule has 1 aromatic carbocycles. The lowest BCUT2D eigenvalue weighted by Gasteiger charge is -2.21. The van der Waals surface area contributed by atoms with Crippen molar-refractivity contribution in [3.05, 3.63) is 22.7 Å². The third-order valence-corrected chi connectivity index (χ3v) is 3.29. The maximum atomic E-state index is 12.4. The van der Waals surface area contributed by atoms with Crippen molar-refractivity contribution in [1.29, 1.82) is 0 Å². The maximum absolute atomic E-state index is 12.4. The zero-order chi connectivity index (χ0) is 14.9. The minimum atomic E-state index is -4.83. The number of anilines is 1. The van der Waals surface area contributed by atoms with Gasteiger partial charge in [0.15, 0.2) is 5.75 Å². The second kappa shape index (κ2) is 5.37. The van der Waals surface area contributed by atoms with Crippen LogP contribution >= 0.6 is 15.9 Å². The van der Waals surface area contributed by atoms with Crippen LogP contribution in [0.15, 0.2) is 22.7 Å². The molecule has 0 aliphatic carbocycles. The van der Waals surface area contributed by atoms with Crippen molar-refractivity contribution >= 4 is 27.5 Å². The zero-order valence-electron chi connectivity index (χ0n) is 10.1. The minimum Gasteiger partial charge on any atom is -0.404 e. The van der Waals surface area contributed by atoms with Crippen LogP contribution in [0.1, 0.15) is 6.42 Å². The van der Waals surface area contributed by atoms with Crippen molar-refractivity contribution in [2.75, 3.05) is 11.4 Å². The molecule has 1 fully saturated rings. The van der Waals surface area contributed by atoms with Crippen LogP contribution in [0, 0.1) is 18.3 Å². The normalized spacial score (nSPS) is 19.1. The summed E-state index contributed by atoms with van der Waals surface area (Å²) in [6, 6.07) is 4.09. The van der Waals surface area contributed by atoms with Crippen molar-refractivity contribution in [3.8, 4) is 18.1 Å². The van der Waals surface area contributed by atoms with Crippen molar-refractivity contribution in [2.45, 2.75) is 12.8 Å². The number of terminal acetylenes is 1. The molecule has 1 aromatic rings. The highest BCUT2D eigenvalue weighted by atomic mass is 79.9. The number of rotatable bonds is 2. The van der Waals surface area contributed by atoms with Gasteiger partial charge in [0, 0.05) is 23.4 Å². The van der Waals surface area contributed by atoms with Crippen LogP contribution in [0.25, 0.3) is 0 Å². The largest absolute Gasteiger partial charge is 0.573 e. The van der Waals surface area contributed by atoms with Gasteiger partial charge >= 0.3 is 6.36 Å². The van der Waals surface area contributed by atoms with Gasteiger partial charge in [-0.25, -0.2) is 0 Å². The van der Waals surface area contributed by atoms with Gasteiger partial charge in [-0.2, -0.15) is 0 Å². The maximum Gasteiger partial charge on any atom is 0.573 e. The van der Waals surface area contributed by atoms with Gasteiger partial charge in [0.25, 0.3) is 0 Å². The molecule has 7 heteroatoms. The molecule has 106 valence electrons. The van der Waals surface area contributed by atoms with Gasteiger partial charge in [0.05, 0.1) is 5.69 Å². The van der Waals surface area contributed by atoms with Crippen LogP contribution in [0.2, 0.25) is 0 Å². The molecule has 2 rings (SSSR count). The standard InChI is InChI=1S/C13H9BrF3NO2/c1-2-8-5-12(19)18(7-8)10-4-3-9(14)6-11(10)20-13(15,16)17/h1,3-4,6,8H,5,7H2. The number of carbonyl (C=O) groups excluding carboxylic acids is 1. The highest BCUT2D eigenvalue weighted by Crippen LogP contribution is 2.37. The van der Waals surface area contributed by atoms with E-state index in [0.29, 0.717) is 4.47 Å². The molecule has 0 N–H and O–H groups in total. The number of halogens is 4. The lowest BCUT2D eigenvalue weighted by molar-refractivity contribution is -0.274. The van der Waals surface area contributed by atoms with E-state index < -0.39 is 12.1 Å². The van der Waals surface area contributed by atoms with E-state index in [0.717, 1.165) is 0 Å². The average molecular weight is 348 g/mol. The number of ether oxygens (including phenoxy) is 1. The zero-order valence-corrected chi connectivity index (χ0v) is 11.7. The molecule has 1 aliphatic rings. The Labute approximate surface area is 121 Å². The number of amides is 1. The SMILES string of the molecule is C#CC1CC(=O)N(c2ccc(Br)cc2OC(F)(F)F)C1. The molecule has 0 aromatic heterocycles. The second-order valence-corrected chi connectivity index (χ2v) is 5.15. The third kappa shape index (κ3) is 3.25. The van der Waals surface area contributed by atoms with Crippen molar-refractivity contribution in [2.24, 2.45) is 5.92 Å². The van der Waals surface area contributed by atoms with E-state index in [9.17, 15) is 18.0 Å². The van der Waals surface area contributed by atoms with Crippen molar-refractivity contribution in [1.82, 2.24) is 0 Å². The Hall–Kier alpha value is -1.68. The number of nitrogens with zero attached hydrogens (tertiary/aromatic N) is 1. The van der Waals surface area contributed by atoms with Crippen LogP contribution < -0.4 is 9.64 Å². The molecule has 0 bridgehead atoms. The Morgan fingerprint density at radius 2 is 2.15 bits per heavy atom. The lowest BCUT2D eigenvalue weighted by Crippen LogP contribution is -2.26. The Kier molecular flexibility index (Phi) is 3.95. The molecule has 20 heavy (non-hydrogen) atoms.